The number of Topliss-reactive ketones (excluding diaryl/α,β-unsaturated/α-hetero) is 1. The summed E-state index contributed by atoms with van der Waals surface area (Å²) in [6.07, 6.45) is 7.36. The molecule has 1 unspecified atom stereocenters. The van der Waals surface area contributed by atoms with E-state index >= 15 is 0 Å². The fourth-order valence-corrected chi connectivity index (χ4v) is 4.24. The van der Waals surface area contributed by atoms with Crippen molar-refractivity contribution < 1.29 is 9.21 Å². The molecule has 1 fully saturated rings. The molecule has 1 aromatic carbocycles. The van der Waals surface area contributed by atoms with Gasteiger partial charge in [-0.15, -0.1) is 0 Å². The number of hydrogen-bond donors (Lipinski definition) is 1. The van der Waals surface area contributed by atoms with E-state index in [4.69, 9.17) is 4.42 Å². The molecule has 0 radical (unpaired) electrons. The first kappa shape index (κ1) is 16.5. The molecule has 0 spiro atoms. The van der Waals surface area contributed by atoms with Gasteiger partial charge >= 0.3 is 0 Å². The highest BCUT2D eigenvalue weighted by atomic mass is 16.3. The van der Waals surface area contributed by atoms with Crippen LogP contribution in [0, 0.1) is 0 Å². The fourth-order valence-electron chi connectivity index (χ4n) is 4.24. The number of nitrogens with zero attached hydrogens (tertiary/aromatic N) is 1. The second-order valence-corrected chi connectivity index (χ2v) is 7.47. The molecule has 2 aromatic heterocycles. The van der Waals surface area contributed by atoms with Crippen molar-refractivity contribution in [2.24, 2.45) is 0 Å². The number of benzene rings is 1. The quantitative estimate of drug-likeness (QED) is 0.743. The van der Waals surface area contributed by atoms with Crippen LogP contribution in [0.1, 0.15) is 46.9 Å². The number of carbonyl (C=O) groups excluding carboxylic acids is 1. The van der Waals surface area contributed by atoms with Crippen LogP contribution >= 0.6 is 0 Å². The maximum absolute atomic E-state index is 12.2. The number of rotatable bonds is 3. The van der Waals surface area contributed by atoms with Crippen LogP contribution in [0.2, 0.25) is 0 Å². The Morgan fingerprint density at radius 3 is 2.70 bits per heavy atom. The van der Waals surface area contributed by atoms with E-state index < -0.39 is 0 Å². The van der Waals surface area contributed by atoms with Gasteiger partial charge in [-0.3, -0.25) is 9.78 Å². The third kappa shape index (κ3) is 3.00. The summed E-state index contributed by atoms with van der Waals surface area (Å²) in [4.78, 5) is 16.3. The summed E-state index contributed by atoms with van der Waals surface area (Å²) in [6, 6.07) is 12.4. The number of pyridine rings is 1. The molecular weight excluding hydrogens is 336 g/mol. The number of furan rings is 1. The summed E-state index contributed by atoms with van der Waals surface area (Å²) in [6.45, 7) is 2.03. The van der Waals surface area contributed by atoms with Crippen molar-refractivity contribution in [3.63, 3.8) is 0 Å². The second kappa shape index (κ2) is 6.78. The number of hydrogen-bond acceptors (Lipinski definition) is 4. The van der Waals surface area contributed by atoms with Gasteiger partial charge in [0, 0.05) is 48.0 Å². The minimum Gasteiger partial charge on any atom is -0.460 e. The summed E-state index contributed by atoms with van der Waals surface area (Å²) >= 11 is 0. The molecule has 1 aliphatic carbocycles. The number of carbonyl (C=O) groups is 1. The van der Waals surface area contributed by atoms with E-state index in [-0.39, 0.29) is 5.78 Å². The monoisotopic (exact) mass is 358 g/mol. The molecule has 136 valence electrons. The number of fused-ring (bicyclic) bond motifs is 1. The van der Waals surface area contributed by atoms with Crippen molar-refractivity contribution >= 4 is 5.78 Å². The van der Waals surface area contributed by atoms with E-state index in [0.717, 1.165) is 65.3 Å². The van der Waals surface area contributed by atoms with Crippen molar-refractivity contribution in [2.45, 2.75) is 31.6 Å². The lowest BCUT2D eigenvalue weighted by atomic mass is 9.94. The molecule has 3 aromatic rings. The third-order valence-electron chi connectivity index (χ3n) is 5.74. The number of aryl methyl sites for hydroxylation is 1. The van der Waals surface area contributed by atoms with E-state index in [1.165, 1.54) is 6.42 Å². The van der Waals surface area contributed by atoms with Crippen LogP contribution in [0.15, 0.2) is 53.2 Å². The highest BCUT2D eigenvalue weighted by Crippen LogP contribution is 2.40. The Morgan fingerprint density at radius 2 is 1.89 bits per heavy atom. The molecule has 3 heterocycles. The Bertz CT molecular complexity index is 985. The number of ketones is 1. The molecule has 0 amide bonds. The fraction of sp³-hybridized carbons (Fsp3) is 0.304. The van der Waals surface area contributed by atoms with Crippen LogP contribution in [-0.4, -0.2) is 23.9 Å². The Morgan fingerprint density at radius 1 is 1.00 bits per heavy atom. The van der Waals surface area contributed by atoms with Crippen LogP contribution < -0.4 is 5.32 Å². The Hall–Kier alpha value is -2.72. The number of aromatic nitrogens is 1. The molecule has 4 nitrogen and oxygen atoms in total. The molecule has 1 atom stereocenters. The van der Waals surface area contributed by atoms with Gasteiger partial charge < -0.3 is 9.73 Å². The summed E-state index contributed by atoms with van der Waals surface area (Å²) in [7, 11) is 0. The molecule has 5 rings (SSSR count). The zero-order valence-electron chi connectivity index (χ0n) is 15.2. The minimum atomic E-state index is 0.248. The molecule has 1 aliphatic heterocycles. The summed E-state index contributed by atoms with van der Waals surface area (Å²) in [5.41, 5.74) is 5.16. The summed E-state index contributed by atoms with van der Waals surface area (Å²) in [5, 5.41) is 3.47. The van der Waals surface area contributed by atoms with Gasteiger partial charge in [0.1, 0.15) is 11.5 Å². The van der Waals surface area contributed by atoms with Crippen molar-refractivity contribution in [3.8, 4) is 22.5 Å². The van der Waals surface area contributed by atoms with Gasteiger partial charge in [-0.25, -0.2) is 0 Å². The standard InChI is InChI=1S/C23H22N2O2/c26-21-6-5-15-3-4-17(12-19(15)21)20-13-22(18-2-1-9-25-14-18)27-23(20)16-7-10-24-11-8-16/h3-4,7-8,10-13,18,25H,1-2,5-6,9,14H2. The van der Waals surface area contributed by atoms with Crippen LogP contribution in [0.25, 0.3) is 22.5 Å². The van der Waals surface area contributed by atoms with E-state index in [0.29, 0.717) is 12.3 Å². The van der Waals surface area contributed by atoms with E-state index in [1.54, 1.807) is 12.4 Å². The SMILES string of the molecule is O=C1CCc2ccc(-c3cc(C4CCCNC4)oc3-c3ccncc3)cc21. The highest BCUT2D eigenvalue weighted by molar-refractivity contribution is 6.01. The Kier molecular flexibility index (Phi) is 4.13. The lowest BCUT2D eigenvalue weighted by Crippen LogP contribution is -2.28. The largest absolute Gasteiger partial charge is 0.460 e. The van der Waals surface area contributed by atoms with Gasteiger partial charge in [-0.2, -0.15) is 0 Å². The smallest absolute Gasteiger partial charge is 0.163 e. The zero-order chi connectivity index (χ0) is 18.2. The zero-order valence-corrected chi connectivity index (χ0v) is 15.2. The number of nitrogens with one attached hydrogen (secondary N) is 1. The molecule has 1 N–H and O–H groups in total. The van der Waals surface area contributed by atoms with Crippen molar-refractivity contribution in [1.29, 1.82) is 0 Å². The first-order chi connectivity index (χ1) is 13.3. The first-order valence-electron chi connectivity index (χ1n) is 9.71. The summed E-state index contributed by atoms with van der Waals surface area (Å²) in [5.74, 6) is 2.53. The van der Waals surface area contributed by atoms with Crippen molar-refractivity contribution in [3.05, 3.63) is 65.7 Å². The molecule has 1 saturated heterocycles. The van der Waals surface area contributed by atoms with Gasteiger partial charge in [0.05, 0.1) is 0 Å². The van der Waals surface area contributed by atoms with Crippen LogP contribution in [0.4, 0.5) is 0 Å². The van der Waals surface area contributed by atoms with Crippen LogP contribution in [-0.2, 0) is 6.42 Å². The van der Waals surface area contributed by atoms with Crippen molar-refractivity contribution in [1.82, 2.24) is 10.3 Å². The number of piperidine rings is 1. The van der Waals surface area contributed by atoms with E-state index in [2.05, 4.69) is 28.5 Å². The Labute approximate surface area is 158 Å². The van der Waals surface area contributed by atoms with E-state index in [9.17, 15) is 4.79 Å². The lowest BCUT2D eigenvalue weighted by Gasteiger charge is -2.20. The van der Waals surface area contributed by atoms with Gasteiger partial charge in [-0.1, -0.05) is 12.1 Å². The lowest BCUT2D eigenvalue weighted by molar-refractivity contribution is 0.0994. The summed E-state index contributed by atoms with van der Waals surface area (Å²) < 4.78 is 6.39. The predicted octanol–water partition coefficient (Wildman–Crippen LogP) is 4.60. The second-order valence-electron chi connectivity index (χ2n) is 7.47. The van der Waals surface area contributed by atoms with Gasteiger partial charge in [-0.05, 0) is 61.2 Å². The predicted molar refractivity (Wildman–Crippen MR) is 105 cm³/mol. The highest BCUT2D eigenvalue weighted by Gasteiger charge is 2.25. The van der Waals surface area contributed by atoms with Crippen molar-refractivity contribution in [2.75, 3.05) is 13.1 Å². The maximum Gasteiger partial charge on any atom is 0.163 e. The Balaban J connectivity index is 1.63. The minimum absolute atomic E-state index is 0.248. The van der Waals surface area contributed by atoms with Gasteiger partial charge in [0.25, 0.3) is 0 Å². The topological polar surface area (TPSA) is 55.1 Å². The van der Waals surface area contributed by atoms with Gasteiger partial charge in [0.2, 0.25) is 0 Å². The molecular formula is C23H22N2O2. The molecule has 0 saturated carbocycles. The molecule has 2 aliphatic rings. The molecule has 27 heavy (non-hydrogen) atoms. The third-order valence-corrected chi connectivity index (χ3v) is 5.74. The molecule has 0 bridgehead atoms. The first-order valence-corrected chi connectivity index (χ1v) is 9.71. The van der Waals surface area contributed by atoms with E-state index in [1.807, 2.05) is 18.2 Å². The average Bonchev–Trinajstić information content (AvgIpc) is 3.34. The maximum atomic E-state index is 12.2. The normalized spacial score (nSPS) is 19.3. The van der Waals surface area contributed by atoms with Gasteiger partial charge in [0.15, 0.2) is 5.78 Å². The van der Waals surface area contributed by atoms with Crippen LogP contribution in [0.5, 0.6) is 0 Å². The van der Waals surface area contributed by atoms with Crippen LogP contribution in [0.3, 0.4) is 0 Å². The molecule has 4 heteroatoms. The average molecular weight is 358 g/mol.